The Hall–Kier alpha value is -1.99. The minimum Gasteiger partial charge on any atom is -0.322 e. The third-order valence-corrected chi connectivity index (χ3v) is 8.80. The summed E-state index contributed by atoms with van der Waals surface area (Å²) < 4.78 is 0. The zero-order chi connectivity index (χ0) is 21.6. The summed E-state index contributed by atoms with van der Waals surface area (Å²) in [6.45, 7) is 4.02. The fourth-order valence-electron chi connectivity index (χ4n) is 4.13. The summed E-state index contributed by atoms with van der Waals surface area (Å²) in [5.74, 6) is -1.11. The van der Waals surface area contributed by atoms with Gasteiger partial charge in [-0.25, -0.2) is 0 Å². The van der Waals surface area contributed by atoms with Crippen molar-refractivity contribution < 1.29 is 14.4 Å². The molecular weight excluding hydrogens is 512 g/mol. The number of aryl methyl sites for hydroxylation is 2. The van der Waals surface area contributed by atoms with Crippen LogP contribution in [0, 0.1) is 25.7 Å². The molecule has 1 heterocycles. The molecule has 1 aliphatic heterocycles. The van der Waals surface area contributed by atoms with Gasteiger partial charge in [0.25, 0.3) is 5.91 Å². The summed E-state index contributed by atoms with van der Waals surface area (Å²) >= 11 is 7.20. The van der Waals surface area contributed by atoms with Crippen LogP contribution in [0.4, 0.5) is 11.4 Å². The lowest BCUT2D eigenvalue weighted by Gasteiger charge is -2.29. The van der Waals surface area contributed by atoms with Gasteiger partial charge < -0.3 is 5.32 Å². The Morgan fingerprint density at radius 2 is 1.47 bits per heavy atom. The zero-order valence-corrected chi connectivity index (χ0v) is 19.9. The Bertz CT molecular complexity index is 994. The molecule has 0 bridgehead atoms. The lowest BCUT2D eigenvalue weighted by molar-refractivity contribution is -0.122. The van der Waals surface area contributed by atoms with E-state index in [0.717, 1.165) is 16.8 Å². The summed E-state index contributed by atoms with van der Waals surface area (Å²) in [5.41, 5.74) is 3.98. The first-order valence-electron chi connectivity index (χ1n) is 9.91. The van der Waals surface area contributed by atoms with Crippen LogP contribution in [-0.2, 0) is 9.59 Å². The van der Waals surface area contributed by atoms with Crippen LogP contribution in [0.3, 0.4) is 0 Å². The van der Waals surface area contributed by atoms with E-state index in [0.29, 0.717) is 24.1 Å². The SMILES string of the molecule is Cc1ccc(NC(=O)c2ccc(N3C(=O)[C@@H]4C[C@H](Br)[C@@H](Br)C[C@H]4C3=O)cc2)cc1C. The van der Waals surface area contributed by atoms with Crippen molar-refractivity contribution in [3.05, 3.63) is 59.2 Å². The Balaban J connectivity index is 1.50. The molecule has 7 heteroatoms. The Morgan fingerprint density at radius 1 is 0.900 bits per heavy atom. The van der Waals surface area contributed by atoms with Crippen LogP contribution in [0.25, 0.3) is 0 Å². The molecule has 3 amide bonds. The van der Waals surface area contributed by atoms with E-state index in [4.69, 9.17) is 0 Å². The van der Waals surface area contributed by atoms with Crippen LogP contribution < -0.4 is 10.2 Å². The van der Waals surface area contributed by atoms with Crippen molar-refractivity contribution in [1.29, 1.82) is 0 Å². The highest BCUT2D eigenvalue weighted by atomic mass is 79.9. The number of nitrogens with one attached hydrogen (secondary N) is 1. The van der Waals surface area contributed by atoms with Crippen molar-refractivity contribution >= 4 is 61.0 Å². The topological polar surface area (TPSA) is 66.5 Å². The monoisotopic (exact) mass is 532 g/mol. The Labute approximate surface area is 192 Å². The minimum absolute atomic E-state index is 0.152. The number of nitrogens with zero attached hydrogens (tertiary/aromatic N) is 1. The van der Waals surface area contributed by atoms with Gasteiger partial charge in [0.1, 0.15) is 0 Å². The molecule has 1 N–H and O–H groups in total. The fourth-order valence-corrected chi connectivity index (χ4v) is 5.37. The number of carbonyl (C=O) groups excluding carboxylic acids is 3. The third kappa shape index (κ3) is 3.85. The first-order valence-corrected chi connectivity index (χ1v) is 11.7. The molecule has 156 valence electrons. The van der Waals surface area contributed by atoms with Crippen LogP contribution in [0.1, 0.15) is 34.3 Å². The highest BCUT2D eigenvalue weighted by Crippen LogP contribution is 2.44. The first kappa shape index (κ1) is 21.2. The van der Waals surface area contributed by atoms with Gasteiger partial charge in [-0.2, -0.15) is 0 Å². The summed E-state index contributed by atoms with van der Waals surface area (Å²) in [6, 6.07) is 12.4. The smallest absolute Gasteiger partial charge is 0.255 e. The number of hydrogen-bond donors (Lipinski definition) is 1. The lowest BCUT2D eigenvalue weighted by Crippen LogP contribution is -2.34. The first-order chi connectivity index (χ1) is 14.3. The number of rotatable bonds is 3. The minimum atomic E-state index is -0.288. The molecule has 2 aromatic rings. The van der Waals surface area contributed by atoms with Crippen molar-refractivity contribution in [2.24, 2.45) is 11.8 Å². The van der Waals surface area contributed by atoms with E-state index in [-0.39, 0.29) is 39.2 Å². The zero-order valence-electron chi connectivity index (χ0n) is 16.7. The number of halogens is 2. The molecule has 2 aromatic carbocycles. The molecule has 2 aliphatic rings. The average molecular weight is 534 g/mol. The second kappa shape index (κ2) is 8.27. The second-order valence-corrected chi connectivity index (χ2v) is 10.4. The van der Waals surface area contributed by atoms with Gasteiger partial charge in [0.15, 0.2) is 0 Å². The molecule has 1 aliphatic carbocycles. The van der Waals surface area contributed by atoms with E-state index in [1.807, 2.05) is 32.0 Å². The highest BCUT2D eigenvalue weighted by Gasteiger charge is 2.52. The van der Waals surface area contributed by atoms with Crippen molar-refractivity contribution in [1.82, 2.24) is 0 Å². The summed E-state index contributed by atoms with van der Waals surface area (Å²) in [7, 11) is 0. The Kier molecular flexibility index (Phi) is 5.86. The van der Waals surface area contributed by atoms with Crippen LogP contribution in [0.5, 0.6) is 0 Å². The average Bonchev–Trinajstić information content (AvgIpc) is 2.95. The fraction of sp³-hybridized carbons (Fsp3) is 0.348. The van der Waals surface area contributed by atoms with Crippen LogP contribution in [0.15, 0.2) is 42.5 Å². The van der Waals surface area contributed by atoms with E-state index >= 15 is 0 Å². The molecule has 4 rings (SSSR count). The van der Waals surface area contributed by atoms with Gasteiger partial charge in [-0.15, -0.1) is 0 Å². The molecule has 4 atom stereocenters. The third-order valence-electron chi connectivity index (χ3n) is 6.06. The van der Waals surface area contributed by atoms with Crippen molar-refractivity contribution in [3.63, 3.8) is 0 Å². The molecule has 5 nitrogen and oxygen atoms in total. The number of anilines is 2. The number of carbonyl (C=O) groups is 3. The molecule has 1 saturated carbocycles. The van der Waals surface area contributed by atoms with Gasteiger partial charge in [0.2, 0.25) is 11.8 Å². The van der Waals surface area contributed by atoms with Crippen molar-refractivity contribution in [2.75, 3.05) is 10.2 Å². The number of fused-ring (bicyclic) bond motifs is 1. The summed E-state index contributed by atoms with van der Waals surface area (Å²) in [6.07, 6.45) is 1.27. The summed E-state index contributed by atoms with van der Waals surface area (Å²) in [5, 5.41) is 2.89. The van der Waals surface area contributed by atoms with Gasteiger partial charge in [0.05, 0.1) is 17.5 Å². The van der Waals surface area contributed by atoms with Crippen molar-refractivity contribution in [3.8, 4) is 0 Å². The summed E-state index contributed by atoms with van der Waals surface area (Å²) in [4.78, 5) is 40.0. The maximum atomic E-state index is 12.9. The number of imide groups is 1. The van der Waals surface area contributed by atoms with E-state index in [1.54, 1.807) is 24.3 Å². The van der Waals surface area contributed by atoms with E-state index in [1.165, 1.54) is 4.90 Å². The van der Waals surface area contributed by atoms with Gasteiger partial charge in [-0.05, 0) is 74.2 Å². The largest absolute Gasteiger partial charge is 0.322 e. The van der Waals surface area contributed by atoms with Crippen LogP contribution in [-0.4, -0.2) is 27.4 Å². The molecule has 2 fully saturated rings. The predicted octanol–water partition coefficient (Wildman–Crippen LogP) is 4.98. The predicted molar refractivity (Wildman–Crippen MR) is 124 cm³/mol. The van der Waals surface area contributed by atoms with Crippen molar-refractivity contribution in [2.45, 2.75) is 36.3 Å². The van der Waals surface area contributed by atoms with Gasteiger partial charge in [0, 0.05) is 20.9 Å². The molecule has 1 saturated heterocycles. The normalized spacial score (nSPS) is 25.9. The van der Waals surface area contributed by atoms with E-state index in [9.17, 15) is 14.4 Å². The van der Waals surface area contributed by atoms with Crippen LogP contribution in [0.2, 0.25) is 0 Å². The van der Waals surface area contributed by atoms with Crippen LogP contribution >= 0.6 is 31.9 Å². The number of alkyl halides is 2. The standard InChI is InChI=1S/C23H22Br2N2O3/c1-12-3-6-15(9-13(12)2)26-21(28)14-4-7-16(8-5-14)27-22(29)17-10-19(24)20(25)11-18(17)23(27)30/h3-9,17-20H,10-11H2,1-2H3,(H,26,28)/t17-,18-,19+,20+/m1/s1. The number of benzene rings is 2. The number of amides is 3. The second-order valence-electron chi connectivity index (χ2n) is 8.03. The molecule has 0 aromatic heterocycles. The molecule has 30 heavy (non-hydrogen) atoms. The van der Waals surface area contributed by atoms with Gasteiger partial charge in [-0.1, -0.05) is 37.9 Å². The van der Waals surface area contributed by atoms with E-state index < -0.39 is 0 Å². The molecular formula is C23H22Br2N2O3. The number of hydrogen-bond acceptors (Lipinski definition) is 3. The lowest BCUT2D eigenvalue weighted by atomic mass is 9.81. The van der Waals surface area contributed by atoms with E-state index in [2.05, 4.69) is 37.2 Å². The quantitative estimate of drug-likeness (QED) is 0.447. The van der Waals surface area contributed by atoms with Gasteiger partial charge >= 0.3 is 0 Å². The molecule has 0 unspecified atom stereocenters. The van der Waals surface area contributed by atoms with Gasteiger partial charge in [-0.3, -0.25) is 19.3 Å². The maximum absolute atomic E-state index is 12.9. The molecule has 0 spiro atoms. The molecule has 0 radical (unpaired) electrons. The highest BCUT2D eigenvalue weighted by molar-refractivity contribution is 9.12. The maximum Gasteiger partial charge on any atom is 0.255 e. The Morgan fingerprint density at radius 3 is 2.00 bits per heavy atom.